The van der Waals surface area contributed by atoms with Gasteiger partial charge in [0.1, 0.15) is 17.9 Å². The van der Waals surface area contributed by atoms with Gasteiger partial charge in [-0.1, -0.05) is 6.07 Å². The topological polar surface area (TPSA) is 55.0 Å². The Labute approximate surface area is 79.9 Å². The van der Waals surface area contributed by atoms with Crippen molar-refractivity contribution in [2.45, 2.75) is 13.5 Å². The molecule has 2 heterocycles. The van der Waals surface area contributed by atoms with Gasteiger partial charge in [-0.05, 0) is 13.0 Å². The van der Waals surface area contributed by atoms with Crippen LogP contribution in [0.3, 0.4) is 0 Å². The molecule has 1 aromatic carbocycles. The largest absolute Gasteiger partial charge is 0.457 e. The van der Waals surface area contributed by atoms with Gasteiger partial charge in [-0.15, -0.1) is 0 Å². The fraction of sp³-hybridized carbons (Fsp3) is 0.200. The number of aryl methyl sites for hydroxylation is 1. The van der Waals surface area contributed by atoms with E-state index in [-0.39, 0.29) is 5.97 Å². The maximum Gasteiger partial charge on any atom is 0.341 e. The fourth-order valence-corrected chi connectivity index (χ4v) is 1.80. The highest BCUT2D eigenvalue weighted by Crippen LogP contribution is 2.26. The second-order valence-electron chi connectivity index (χ2n) is 3.39. The lowest BCUT2D eigenvalue weighted by Gasteiger charge is -1.93. The van der Waals surface area contributed by atoms with Crippen molar-refractivity contribution in [1.29, 1.82) is 0 Å². The Balaban J connectivity index is 2.46. The second kappa shape index (κ2) is 2.35. The molecule has 4 nitrogen and oxygen atoms in total. The molecule has 0 aliphatic carbocycles. The molecule has 0 atom stereocenters. The SMILES string of the molecule is Cc1nc2c3c(ccc2[nH]1)COC3=O. The number of nitrogens with zero attached hydrogens (tertiary/aromatic N) is 1. The van der Waals surface area contributed by atoms with Gasteiger partial charge < -0.3 is 9.72 Å². The molecule has 0 radical (unpaired) electrons. The predicted molar refractivity (Wildman–Crippen MR) is 50.0 cm³/mol. The zero-order chi connectivity index (χ0) is 9.71. The monoisotopic (exact) mass is 188 g/mol. The van der Waals surface area contributed by atoms with E-state index in [0.717, 1.165) is 22.4 Å². The van der Waals surface area contributed by atoms with E-state index < -0.39 is 0 Å². The maximum absolute atomic E-state index is 11.4. The van der Waals surface area contributed by atoms with Gasteiger partial charge >= 0.3 is 5.97 Å². The molecule has 3 rings (SSSR count). The number of nitrogens with one attached hydrogen (secondary N) is 1. The number of benzene rings is 1. The first-order valence-electron chi connectivity index (χ1n) is 4.41. The van der Waals surface area contributed by atoms with Gasteiger partial charge in [0.25, 0.3) is 0 Å². The number of cyclic esters (lactones) is 1. The number of aromatic amines is 1. The van der Waals surface area contributed by atoms with E-state index in [1.165, 1.54) is 0 Å². The van der Waals surface area contributed by atoms with E-state index in [2.05, 4.69) is 9.97 Å². The number of fused-ring (bicyclic) bond motifs is 3. The van der Waals surface area contributed by atoms with Gasteiger partial charge in [0.15, 0.2) is 0 Å². The Hall–Kier alpha value is -1.84. The minimum absolute atomic E-state index is 0.267. The van der Waals surface area contributed by atoms with Crippen molar-refractivity contribution in [2.24, 2.45) is 0 Å². The van der Waals surface area contributed by atoms with Gasteiger partial charge in [-0.2, -0.15) is 0 Å². The van der Waals surface area contributed by atoms with Crippen molar-refractivity contribution < 1.29 is 9.53 Å². The molecule has 4 heteroatoms. The molecule has 0 spiro atoms. The predicted octanol–water partition coefficient (Wildman–Crippen LogP) is 1.54. The first-order chi connectivity index (χ1) is 6.75. The van der Waals surface area contributed by atoms with Crippen LogP contribution >= 0.6 is 0 Å². The molecule has 0 unspecified atom stereocenters. The highest BCUT2D eigenvalue weighted by Gasteiger charge is 2.25. The van der Waals surface area contributed by atoms with E-state index in [4.69, 9.17) is 4.74 Å². The fourth-order valence-electron chi connectivity index (χ4n) is 1.80. The molecule has 1 aromatic heterocycles. The quantitative estimate of drug-likeness (QED) is 0.638. The summed E-state index contributed by atoms with van der Waals surface area (Å²) >= 11 is 0. The van der Waals surface area contributed by atoms with Crippen LogP contribution in [-0.2, 0) is 11.3 Å². The molecule has 0 saturated heterocycles. The van der Waals surface area contributed by atoms with Crippen LogP contribution in [-0.4, -0.2) is 15.9 Å². The molecule has 70 valence electrons. The Morgan fingerprint density at radius 1 is 1.50 bits per heavy atom. The number of ether oxygens (including phenoxy) is 1. The van der Waals surface area contributed by atoms with Crippen molar-refractivity contribution in [3.05, 3.63) is 29.1 Å². The summed E-state index contributed by atoms with van der Waals surface area (Å²) in [4.78, 5) is 18.8. The van der Waals surface area contributed by atoms with Crippen LogP contribution in [0.15, 0.2) is 12.1 Å². The zero-order valence-electron chi connectivity index (χ0n) is 7.63. The van der Waals surface area contributed by atoms with Gasteiger partial charge in [0.05, 0.1) is 11.1 Å². The molecule has 1 N–H and O–H groups in total. The van der Waals surface area contributed by atoms with E-state index in [1.54, 1.807) is 0 Å². The van der Waals surface area contributed by atoms with Gasteiger partial charge in [-0.25, -0.2) is 9.78 Å². The highest BCUT2D eigenvalue weighted by atomic mass is 16.5. The van der Waals surface area contributed by atoms with Crippen LogP contribution in [0.4, 0.5) is 0 Å². The number of H-pyrrole nitrogens is 1. The highest BCUT2D eigenvalue weighted by molar-refractivity contribution is 6.05. The third-order valence-corrected chi connectivity index (χ3v) is 2.42. The van der Waals surface area contributed by atoms with Gasteiger partial charge in [0, 0.05) is 5.56 Å². The van der Waals surface area contributed by atoms with Crippen LogP contribution < -0.4 is 0 Å². The molecule has 0 amide bonds. The Kier molecular flexibility index (Phi) is 1.27. The number of hydrogen-bond acceptors (Lipinski definition) is 3. The van der Waals surface area contributed by atoms with E-state index in [1.807, 2.05) is 19.1 Å². The molecular weight excluding hydrogens is 180 g/mol. The van der Waals surface area contributed by atoms with Crippen LogP contribution in [0.1, 0.15) is 21.7 Å². The number of carbonyl (C=O) groups is 1. The standard InChI is InChI=1S/C10H8N2O2/c1-5-11-7-3-2-6-4-14-10(13)8(6)9(7)12-5/h2-3H,4H2,1H3,(H,11,12). The summed E-state index contributed by atoms with van der Waals surface area (Å²) in [6.45, 7) is 2.24. The molecular formula is C10H8N2O2. The molecule has 2 aromatic rings. The lowest BCUT2D eigenvalue weighted by molar-refractivity contribution is 0.0536. The van der Waals surface area contributed by atoms with E-state index >= 15 is 0 Å². The average Bonchev–Trinajstić information content (AvgIpc) is 2.68. The third kappa shape index (κ3) is 0.824. The van der Waals surface area contributed by atoms with Crippen LogP contribution in [0, 0.1) is 6.92 Å². The minimum Gasteiger partial charge on any atom is -0.457 e. The van der Waals surface area contributed by atoms with Crippen molar-refractivity contribution >= 4 is 17.0 Å². The van der Waals surface area contributed by atoms with Gasteiger partial charge in [-0.3, -0.25) is 0 Å². The summed E-state index contributed by atoms with van der Waals surface area (Å²) in [5.74, 6) is 0.546. The lowest BCUT2D eigenvalue weighted by Crippen LogP contribution is -1.94. The Morgan fingerprint density at radius 3 is 3.21 bits per heavy atom. The van der Waals surface area contributed by atoms with Crippen LogP contribution in [0.25, 0.3) is 11.0 Å². The maximum atomic E-state index is 11.4. The summed E-state index contributed by atoms with van der Waals surface area (Å²) in [5, 5.41) is 0. The average molecular weight is 188 g/mol. The summed E-state index contributed by atoms with van der Waals surface area (Å²) < 4.78 is 4.95. The molecule has 0 fully saturated rings. The number of esters is 1. The normalized spacial score (nSPS) is 14.5. The molecule has 14 heavy (non-hydrogen) atoms. The summed E-state index contributed by atoms with van der Waals surface area (Å²) in [6.07, 6.45) is 0. The number of hydrogen-bond donors (Lipinski definition) is 1. The molecule has 1 aliphatic rings. The Morgan fingerprint density at radius 2 is 2.36 bits per heavy atom. The summed E-state index contributed by atoms with van der Waals surface area (Å²) in [5.41, 5.74) is 3.16. The van der Waals surface area contributed by atoms with E-state index in [9.17, 15) is 4.79 Å². The Bertz CT molecular complexity index is 542. The first kappa shape index (κ1) is 7.55. The van der Waals surface area contributed by atoms with Crippen molar-refractivity contribution in [2.75, 3.05) is 0 Å². The summed E-state index contributed by atoms with van der Waals surface area (Å²) in [7, 11) is 0. The van der Waals surface area contributed by atoms with Crippen LogP contribution in [0.5, 0.6) is 0 Å². The number of rotatable bonds is 0. The van der Waals surface area contributed by atoms with Crippen LogP contribution in [0.2, 0.25) is 0 Å². The molecule has 1 aliphatic heterocycles. The van der Waals surface area contributed by atoms with E-state index in [0.29, 0.717) is 12.2 Å². The van der Waals surface area contributed by atoms with Crippen molar-refractivity contribution in [3.63, 3.8) is 0 Å². The number of aromatic nitrogens is 2. The second-order valence-corrected chi connectivity index (χ2v) is 3.39. The van der Waals surface area contributed by atoms with Gasteiger partial charge in [0.2, 0.25) is 0 Å². The summed E-state index contributed by atoms with van der Waals surface area (Å²) in [6, 6.07) is 3.83. The molecule has 0 bridgehead atoms. The zero-order valence-corrected chi connectivity index (χ0v) is 7.63. The third-order valence-electron chi connectivity index (χ3n) is 2.42. The lowest BCUT2D eigenvalue weighted by atomic mass is 10.1. The first-order valence-corrected chi connectivity index (χ1v) is 4.41. The number of imidazole rings is 1. The number of carbonyl (C=O) groups excluding carboxylic acids is 1. The minimum atomic E-state index is -0.267. The van der Waals surface area contributed by atoms with Crippen molar-refractivity contribution in [1.82, 2.24) is 9.97 Å². The van der Waals surface area contributed by atoms with Crippen molar-refractivity contribution in [3.8, 4) is 0 Å². The smallest absolute Gasteiger partial charge is 0.341 e. The molecule has 0 saturated carbocycles.